The Kier molecular flexibility index (Phi) is 11.2. The van der Waals surface area contributed by atoms with E-state index in [9.17, 15) is 14.4 Å². The molecule has 198 valence electrons. The first-order valence-corrected chi connectivity index (χ1v) is 13.5. The molecule has 3 amide bonds. The molecule has 13 heteroatoms. The smallest absolute Gasteiger partial charge is 0.329 e. The number of benzene rings is 3. The Bertz CT molecular complexity index is 1370. The molecule has 0 aliphatic rings. The van der Waals surface area contributed by atoms with Crippen molar-refractivity contribution in [3.05, 3.63) is 78.2 Å². The highest BCUT2D eigenvalue weighted by Crippen LogP contribution is 2.34. The molecule has 0 aliphatic heterocycles. The highest BCUT2D eigenvalue weighted by Gasteiger charge is 2.16. The molecular weight excluding hydrogens is 714 g/mol. The molecule has 0 radical (unpaired) electrons. The molecule has 0 aromatic heterocycles. The maximum Gasteiger partial charge on any atom is 0.329 e. The van der Waals surface area contributed by atoms with Crippen molar-refractivity contribution in [3.63, 3.8) is 0 Å². The van der Waals surface area contributed by atoms with Crippen LogP contribution in [0.1, 0.15) is 12.5 Å². The van der Waals surface area contributed by atoms with Crippen molar-refractivity contribution in [2.24, 2.45) is 5.10 Å². The quantitative estimate of drug-likeness (QED) is 0.110. The molecule has 0 fully saturated rings. The Hall–Kier alpha value is -2.87. The third-order valence-corrected chi connectivity index (χ3v) is 6.74. The van der Waals surface area contributed by atoms with E-state index in [0.29, 0.717) is 32.9 Å². The first-order chi connectivity index (χ1) is 18.2. The van der Waals surface area contributed by atoms with Gasteiger partial charge in [-0.1, -0.05) is 45.2 Å². The molecule has 0 spiro atoms. The fraction of sp³-hybridized carbons (Fsp3) is 0.120. The number of rotatable bonds is 9. The molecule has 38 heavy (non-hydrogen) atoms. The van der Waals surface area contributed by atoms with Crippen molar-refractivity contribution in [2.75, 3.05) is 23.8 Å². The standard InChI is InChI=1S/C25H20BrCl2IN4O5/c1-2-37-20-11-14(12-30-33-25(36)24(35)32-19-5-3-4-17(27)22(19)28)10-18(29)23(20)38-13-21(34)31-16-8-6-15(26)7-9-16/h3-12H,2,13H2,1H3,(H,31,34)(H,32,35)(H,33,36)/b30-12-. The van der Waals surface area contributed by atoms with Crippen LogP contribution in [-0.2, 0) is 14.4 Å². The van der Waals surface area contributed by atoms with Gasteiger partial charge in [-0.3, -0.25) is 14.4 Å². The zero-order valence-electron chi connectivity index (χ0n) is 19.7. The van der Waals surface area contributed by atoms with E-state index in [0.717, 1.165) is 4.47 Å². The van der Waals surface area contributed by atoms with Gasteiger partial charge in [0.1, 0.15) is 0 Å². The summed E-state index contributed by atoms with van der Waals surface area (Å²) >= 11 is 17.3. The van der Waals surface area contributed by atoms with E-state index < -0.39 is 11.8 Å². The number of halogens is 4. The van der Waals surface area contributed by atoms with Crippen molar-refractivity contribution in [1.82, 2.24) is 5.43 Å². The van der Waals surface area contributed by atoms with Crippen LogP contribution in [0.15, 0.2) is 64.2 Å². The number of nitrogens with zero attached hydrogens (tertiary/aromatic N) is 1. The number of hydrazone groups is 1. The lowest BCUT2D eigenvalue weighted by Gasteiger charge is -2.14. The normalized spacial score (nSPS) is 10.7. The Labute approximate surface area is 250 Å². The lowest BCUT2D eigenvalue weighted by atomic mass is 10.2. The second kappa shape index (κ2) is 14.3. The number of carbonyl (C=O) groups is 3. The maximum atomic E-state index is 12.3. The summed E-state index contributed by atoms with van der Waals surface area (Å²) in [6.45, 7) is 1.92. The molecule has 3 rings (SSSR count). The summed E-state index contributed by atoms with van der Waals surface area (Å²) in [6, 6.07) is 15.2. The van der Waals surface area contributed by atoms with Crippen molar-refractivity contribution < 1.29 is 23.9 Å². The summed E-state index contributed by atoms with van der Waals surface area (Å²) < 4.78 is 13.0. The van der Waals surface area contributed by atoms with Crippen LogP contribution in [0.4, 0.5) is 11.4 Å². The molecule has 0 atom stereocenters. The molecule has 3 N–H and O–H groups in total. The number of hydrogen-bond donors (Lipinski definition) is 3. The topological polar surface area (TPSA) is 118 Å². The number of anilines is 2. The van der Waals surface area contributed by atoms with Gasteiger partial charge in [-0.25, -0.2) is 5.43 Å². The third kappa shape index (κ3) is 8.58. The summed E-state index contributed by atoms with van der Waals surface area (Å²) in [6.07, 6.45) is 1.34. The van der Waals surface area contributed by atoms with E-state index in [-0.39, 0.29) is 28.2 Å². The Morgan fingerprint density at radius 1 is 1.03 bits per heavy atom. The molecule has 0 saturated carbocycles. The van der Waals surface area contributed by atoms with Crippen LogP contribution >= 0.6 is 61.7 Å². The van der Waals surface area contributed by atoms with Crippen LogP contribution in [0, 0.1) is 3.57 Å². The molecule has 3 aromatic rings. The minimum atomic E-state index is -1.01. The molecule has 9 nitrogen and oxygen atoms in total. The van der Waals surface area contributed by atoms with E-state index in [2.05, 4.69) is 37.1 Å². The number of carbonyl (C=O) groups excluding carboxylic acids is 3. The van der Waals surface area contributed by atoms with Crippen molar-refractivity contribution in [3.8, 4) is 11.5 Å². The monoisotopic (exact) mass is 732 g/mol. The molecular formula is C25H20BrCl2IN4O5. The molecule has 0 heterocycles. The number of nitrogens with one attached hydrogen (secondary N) is 3. The van der Waals surface area contributed by atoms with Gasteiger partial charge in [0.15, 0.2) is 18.1 Å². The van der Waals surface area contributed by atoms with Gasteiger partial charge in [0.05, 0.1) is 32.1 Å². The van der Waals surface area contributed by atoms with Crippen LogP contribution in [0.2, 0.25) is 10.0 Å². The highest BCUT2D eigenvalue weighted by molar-refractivity contribution is 14.1. The summed E-state index contributed by atoms with van der Waals surface area (Å²) in [5, 5.41) is 9.31. The molecule has 3 aromatic carbocycles. The van der Waals surface area contributed by atoms with Gasteiger partial charge < -0.3 is 20.1 Å². The van der Waals surface area contributed by atoms with Gasteiger partial charge in [0, 0.05) is 10.2 Å². The zero-order valence-corrected chi connectivity index (χ0v) is 24.9. The van der Waals surface area contributed by atoms with Gasteiger partial charge in [-0.15, -0.1) is 0 Å². The molecule has 0 bridgehead atoms. The largest absolute Gasteiger partial charge is 0.490 e. The Balaban J connectivity index is 1.62. The van der Waals surface area contributed by atoms with Gasteiger partial charge in [0.25, 0.3) is 5.91 Å². The van der Waals surface area contributed by atoms with Gasteiger partial charge in [0.2, 0.25) is 0 Å². The fourth-order valence-corrected chi connectivity index (χ4v) is 4.32. The fourth-order valence-electron chi connectivity index (χ4n) is 2.93. The van der Waals surface area contributed by atoms with Gasteiger partial charge in [-0.2, -0.15) is 5.10 Å². The molecule has 0 aliphatic carbocycles. The average molecular weight is 734 g/mol. The van der Waals surface area contributed by atoms with Crippen LogP contribution < -0.4 is 25.5 Å². The third-order valence-electron chi connectivity index (χ3n) is 4.59. The van der Waals surface area contributed by atoms with Crippen molar-refractivity contribution in [1.29, 1.82) is 0 Å². The SMILES string of the molecule is CCOc1cc(/C=N\NC(=O)C(=O)Nc2cccc(Cl)c2Cl)cc(I)c1OCC(=O)Nc1ccc(Br)cc1. The number of hydrogen-bond acceptors (Lipinski definition) is 6. The van der Waals surface area contributed by atoms with E-state index >= 15 is 0 Å². The lowest BCUT2D eigenvalue weighted by Crippen LogP contribution is -2.32. The van der Waals surface area contributed by atoms with Crippen LogP contribution in [0.25, 0.3) is 0 Å². The molecule has 0 saturated heterocycles. The zero-order chi connectivity index (χ0) is 27.7. The predicted molar refractivity (Wildman–Crippen MR) is 159 cm³/mol. The molecule has 0 unspecified atom stereocenters. The second-order valence-corrected chi connectivity index (χ2v) is 10.2. The Morgan fingerprint density at radius 2 is 1.76 bits per heavy atom. The average Bonchev–Trinajstić information content (AvgIpc) is 2.87. The summed E-state index contributed by atoms with van der Waals surface area (Å²) in [5.74, 6) is -1.54. The highest BCUT2D eigenvalue weighted by atomic mass is 127. The minimum Gasteiger partial charge on any atom is -0.490 e. The summed E-state index contributed by atoms with van der Waals surface area (Å²) in [5.41, 5.74) is 3.54. The lowest BCUT2D eigenvalue weighted by molar-refractivity contribution is -0.136. The van der Waals surface area contributed by atoms with Gasteiger partial charge in [-0.05, 0) is 83.6 Å². The van der Waals surface area contributed by atoms with E-state index in [4.69, 9.17) is 32.7 Å². The van der Waals surface area contributed by atoms with Crippen LogP contribution in [0.3, 0.4) is 0 Å². The maximum absolute atomic E-state index is 12.3. The van der Waals surface area contributed by atoms with Crippen molar-refractivity contribution in [2.45, 2.75) is 6.92 Å². The first kappa shape index (κ1) is 29.7. The number of ether oxygens (including phenoxy) is 2. The Morgan fingerprint density at radius 3 is 2.47 bits per heavy atom. The summed E-state index contributed by atoms with van der Waals surface area (Å²) in [7, 11) is 0. The van der Waals surface area contributed by atoms with Crippen molar-refractivity contribution >= 4 is 97.0 Å². The van der Waals surface area contributed by atoms with Crippen LogP contribution in [-0.4, -0.2) is 37.1 Å². The van der Waals surface area contributed by atoms with E-state index in [1.54, 1.807) is 36.4 Å². The first-order valence-electron chi connectivity index (χ1n) is 10.9. The summed E-state index contributed by atoms with van der Waals surface area (Å²) in [4.78, 5) is 36.6. The van der Waals surface area contributed by atoms with Crippen LogP contribution in [0.5, 0.6) is 11.5 Å². The minimum absolute atomic E-state index is 0.116. The van der Waals surface area contributed by atoms with E-state index in [1.165, 1.54) is 12.3 Å². The van der Waals surface area contributed by atoms with E-state index in [1.807, 2.05) is 41.6 Å². The second-order valence-electron chi connectivity index (χ2n) is 7.36. The van der Waals surface area contributed by atoms with Gasteiger partial charge >= 0.3 is 11.8 Å². The number of amides is 3. The predicted octanol–water partition coefficient (Wildman–Crippen LogP) is 5.87.